The van der Waals surface area contributed by atoms with Gasteiger partial charge in [-0.1, -0.05) is 17.7 Å². The molecule has 0 aliphatic heterocycles. The third kappa shape index (κ3) is 6.45. The minimum atomic E-state index is -0.201. The Hall–Kier alpha value is -1.27. The molecule has 1 amide bonds. The van der Waals surface area contributed by atoms with Crippen LogP contribution >= 0.6 is 24.0 Å². The van der Waals surface area contributed by atoms with Gasteiger partial charge in [-0.15, -0.1) is 0 Å². The van der Waals surface area contributed by atoms with E-state index in [0.29, 0.717) is 10.7 Å². The highest BCUT2D eigenvalue weighted by Gasteiger charge is 2.04. The molecule has 1 rings (SSSR count). The summed E-state index contributed by atoms with van der Waals surface area (Å²) in [6, 6.07) is 7.35. The molecule has 0 radical (unpaired) electrons. The highest BCUT2D eigenvalue weighted by molar-refractivity contribution is 7.98. The molecule has 0 aliphatic carbocycles. The molecule has 0 saturated carbocycles. The molecule has 104 valence electrons. The van der Waals surface area contributed by atoms with Gasteiger partial charge in [0.1, 0.15) is 0 Å². The first kappa shape index (κ1) is 15.8. The van der Waals surface area contributed by atoms with E-state index < -0.39 is 0 Å². The maximum Gasteiger partial charge on any atom is 0.269 e. The van der Waals surface area contributed by atoms with Crippen molar-refractivity contribution < 1.29 is 4.79 Å². The third-order valence-corrected chi connectivity index (χ3v) is 3.36. The minimum Gasteiger partial charge on any atom is -0.361 e. The van der Waals surface area contributed by atoms with Gasteiger partial charge in [0.05, 0.1) is 0 Å². The second-order valence-corrected chi connectivity index (χ2v) is 5.44. The number of thiocarbonyl (C=S) groups is 1. The molecule has 0 fully saturated rings. The van der Waals surface area contributed by atoms with Crippen molar-refractivity contribution in [3.63, 3.8) is 0 Å². The zero-order chi connectivity index (χ0) is 14.1. The number of carbonyl (C=O) groups is 1. The summed E-state index contributed by atoms with van der Waals surface area (Å²) in [7, 11) is 0. The lowest BCUT2D eigenvalue weighted by molar-refractivity contribution is 0.0943. The van der Waals surface area contributed by atoms with Gasteiger partial charge in [0.2, 0.25) is 0 Å². The SMILES string of the molecule is CSCCCNC(=S)NNC(=O)c1ccc(C)cc1. The number of hydrogen-bond acceptors (Lipinski definition) is 3. The van der Waals surface area contributed by atoms with Crippen LogP contribution in [0.1, 0.15) is 22.3 Å². The summed E-state index contributed by atoms with van der Waals surface area (Å²) >= 11 is 6.85. The maximum absolute atomic E-state index is 11.8. The number of thioether (sulfide) groups is 1. The average Bonchev–Trinajstić information content (AvgIpc) is 2.42. The van der Waals surface area contributed by atoms with E-state index in [0.717, 1.165) is 24.3 Å². The Kier molecular flexibility index (Phi) is 7.28. The third-order valence-electron chi connectivity index (χ3n) is 2.41. The number of amides is 1. The normalized spacial score (nSPS) is 9.79. The largest absolute Gasteiger partial charge is 0.361 e. The molecule has 0 heterocycles. The summed E-state index contributed by atoms with van der Waals surface area (Å²) in [5.74, 6) is 0.888. The fourth-order valence-electron chi connectivity index (χ4n) is 1.35. The molecule has 0 spiro atoms. The minimum absolute atomic E-state index is 0.201. The lowest BCUT2D eigenvalue weighted by Crippen LogP contribution is -2.47. The predicted octanol–water partition coefficient (Wildman–Crippen LogP) is 1.86. The maximum atomic E-state index is 11.8. The Labute approximate surface area is 123 Å². The molecule has 0 atom stereocenters. The van der Waals surface area contributed by atoms with Gasteiger partial charge in [0.15, 0.2) is 5.11 Å². The number of hydrogen-bond donors (Lipinski definition) is 3. The first-order chi connectivity index (χ1) is 9.13. The summed E-state index contributed by atoms with van der Waals surface area (Å²) in [6.07, 6.45) is 3.10. The summed E-state index contributed by atoms with van der Waals surface area (Å²) in [5.41, 5.74) is 6.97. The Bertz CT molecular complexity index is 420. The van der Waals surface area contributed by atoms with Crippen LogP contribution in [0.3, 0.4) is 0 Å². The number of hydrazine groups is 1. The summed E-state index contributed by atoms with van der Waals surface area (Å²) in [6.45, 7) is 2.78. The molecular formula is C13H19N3OS2. The van der Waals surface area contributed by atoms with Crippen LogP contribution in [0, 0.1) is 6.92 Å². The predicted molar refractivity (Wildman–Crippen MR) is 85.4 cm³/mol. The highest BCUT2D eigenvalue weighted by Crippen LogP contribution is 2.02. The molecule has 3 N–H and O–H groups in total. The molecule has 19 heavy (non-hydrogen) atoms. The van der Waals surface area contributed by atoms with E-state index in [1.54, 1.807) is 23.9 Å². The van der Waals surface area contributed by atoms with Gasteiger partial charge in [-0.05, 0) is 49.7 Å². The van der Waals surface area contributed by atoms with Gasteiger partial charge < -0.3 is 5.32 Å². The Morgan fingerprint density at radius 2 is 1.95 bits per heavy atom. The number of carbonyl (C=O) groups excluding carboxylic acids is 1. The van der Waals surface area contributed by atoms with Gasteiger partial charge in [0.25, 0.3) is 5.91 Å². The van der Waals surface area contributed by atoms with Crippen LogP contribution in [0.5, 0.6) is 0 Å². The van der Waals surface area contributed by atoms with Crippen LogP contribution in [0.25, 0.3) is 0 Å². The lowest BCUT2D eigenvalue weighted by Gasteiger charge is -2.11. The molecule has 0 aliphatic rings. The second-order valence-electron chi connectivity index (χ2n) is 4.05. The molecule has 0 aromatic heterocycles. The summed E-state index contributed by atoms with van der Waals surface area (Å²) in [5, 5.41) is 3.46. The van der Waals surface area contributed by atoms with E-state index in [1.165, 1.54) is 0 Å². The Balaban J connectivity index is 2.26. The lowest BCUT2D eigenvalue weighted by atomic mass is 10.1. The molecule has 0 unspecified atom stereocenters. The topological polar surface area (TPSA) is 53.2 Å². The zero-order valence-electron chi connectivity index (χ0n) is 11.2. The van der Waals surface area contributed by atoms with Crippen LogP contribution in [-0.4, -0.2) is 29.6 Å². The van der Waals surface area contributed by atoms with E-state index >= 15 is 0 Å². The highest BCUT2D eigenvalue weighted by atomic mass is 32.2. The first-order valence-corrected chi connectivity index (χ1v) is 7.83. The van der Waals surface area contributed by atoms with E-state index in [9.17, 15) is 4.79 Å². The van der Waals surface area contributed by atoms with Crippen LogP contribution < -0.4 is 16.2 Å². The van der Waals surface area contributed by atoms with Crippen LogP contribution in [0.4, 0.5) is 0 Å². The Morgan fingerprint density at radius 1 is 1.26 bits per heavy atom. The van der Waals surface area contributed by atoms with Crippen molar-refractivity contribution in [1.82, 2.24) is 16.2 Å². The fourth-order valence-corrected chi connectivity index (χ4v) is 1.94. The van der Waals surface area contributed by atoms with Crippen molar-refractivity contribution in [2.45, 2.75) is 13.3 Å². The van der Waals surface area contributed by atoms with E-state index in [1.807, 2.05) is 19.1 Å². The quantitative estimate of drug-likeness (QED) is 0.440. The monoisotopic (exact) mass is 297 g/mol. The summed E-state index contributed by atoms with van der Waals surface area (Å²) in [4.78, 5) is 11.8. The van der Waals surface area contributed by atoms with Gasteiger partial charge in [-0.25, -0.2) is 0 Å². The number of rotatable bonds is 5. The molecule has 0 bridgehead atoms. The van der Waals surface area contributed by atoms with Gasteiger partial charge >= 0.3 is 0 Å². The number of nitrogens with one attached hydrogen (secondary N) is 3. The van der Waals surface area contributed by atoms with Crippen molar-refractivity contribution in [3.8, 4) is 0 Å². The smallest absolute Gasteiger partial charge is 0.269 e. The second kappa shape index (κ2) is 8.77. The van der Waals surface area contributed by atoms with Gasteiger partial charge in [0, 0.05) is 12.1 Å². The van der Waals surface area contributed by atoms with Crippen molar-refractivity contribution in [1.29, 1.82) is 0 Å². The Morgan fingerprint density at radius 3 is 2.58 bits per heavy atom. The van der Waals surface area contributed by atoms with Crippen molar-refractivity contribution in [2.75, 3.05) is 18.6 Å². The molecule has 4 nitrogen and oxygen atoms in total. The summed E-state index contributed by atoms with van der Waals surface area (Å²) < 4.78 is 0. The van der Waals surface area contributed by atoms with Crippen molar-refractivity contribution in [2.24, 2.45) is 0 Å². The average molecular weight is 297 g/mol. The number of benzene rings is 1. The van der Waals surface area contributed by atoms with Crippen LogP contribution in [-0.2, 0) is 0 Å². The van der Waals surface area contributed by atoms with Crippen molar-refractivity contribution in [3.05, 3.63) is 35.4 Å². The molecule has 1 aromatic rings. The van der Waals surface area contributed by atoms with Crippen molar-refractivity contribution >= 4 is 35.0 Å². The number of aryl methyl sites for hydroxylation is 1. The van der Waals surface area contributed by atoms with E-state index in [-0.39, 0.29) is 5.91 Å². The van der Waals surface area contributed by atoms with E-state index in [2.05, 4.69) is 22.4 Å². The molecule has 0 saturated heterocycles. The molecular weight excluding hydrogens is 278 g/mol. The molecule has 1 aromatic carbocycles. The van der Waals surface area contributed by atoms with Gasteiger partial charge in [-0.3, -0.25) is 15.6 Å². The van der Waals surface area contributed by atoms with E-state index in [4.69, 9.17) is 12.2 Å². The molecule has 6 heteroatoms. The van der Waals surface area contributed by atoms with Crippen LogP contribution in [0.15, 0.2) is 24.3 Å². The van der Waals surface area contributed by atoms with Crippen LogP contribution in [0.2, 0.25) is 0 Å². The zero-order valence-corrected chi connectivity index (χ0v) is 12.8. The van der Waals surface area contributed by atoms with Gasteiger partial charge in [-0.2, -0.15) is 11.8 Å². The first-order valence-electron chi connectivity index (χ1n) is 6.03. The standard InChI is InChI=1S/C13H19N3OS2/c1-10-4-6-11(7-5-10)12(17)15-16-13(18)14-8-3-9-19-2/h4-7H,3,8-9H2,1-2H3,(H,15,17)(H2,14,16,18). The fraction of sp³-hybridized carbons (Fsp3) is 0.385.